The Kier molecular flexibility index (Phi) is 11.2. The SMILES string of the molecule is CC(N)C(=O)NC(CCC(=O)O)C(=O)NC(CC(N)=O)C(=O)NC(CC(N)=O)C(=O)O. The van der Waals surface area contributed by atoms with Crippen molar-refractivity contribution in [3.05, 3.63) is 0 Å². The molecule has 0 rings (SSSR count). The summed E-state index contributed by atoms with van der Waals surface area (Å²) in [4.78, 5) is 80.9. The lowest BCUT2D eigenvalue weighted by atomic mass is 10.1. The van der Waals surface area contributed by atoms with Crippen LogP contribution in [0.2, 0.25) is 0 Å². The van der Waals surface area contributed by atoms with E-state index >= 15 is 0 Å². The zero-order chi connectivity index (χ0) is 24.3. The lowest BCUT2D eigenvalue weighted by molar-refractivity contribution is -0.144. The van der Waals surface area contributed by atoms with Gasteiger partial charge >= 0.3 is 11.9 Å². The fourth-order valence-electron chi connectivity index (χ4n) is 2.20. The lowest BCUT2D eigenvalue weighted by Crippen LogP contribution is -2.57. The summed E-state index contributed by atoms with van der Waals surface area (Å²) in [5.74, 6) is -7.93. The fourth-order valence-corrected chi connectivity index (χ4v) is 2.20. The molecule has 174 valence electrons. The predicted octanol–water partition coefficient (Wildman–Crippen LogP) is -4.51. The molecule has 4 unspecified atom stereocenters. The first-order valence-corrected chi connectivity index (χ1v) is 8.92. The van der Waals surface area contributed by atoms with Crippen molar-refractivity contribution in [2.45, 2.75) is 56.8 Å². The molecule has 0 radical (unpaired) electrons. The van der Waals surface area contributed by atoms with Crippen molar-refractivity contribution in [3.8, 4) is 0 Å². The van der Waals surface area contributed by atoms with Gasteiger partial charge in [-0.15, -0.1) is 0 Å². The number of nitrogens with two attached hydrogens (primary N) is 3. The summed E-state index contributed by atoms with van der Waals surface area (Å²) in [6, 6.07) is -5.88. The molecule has 11 N–H and O–H groups in total. The van der Waals surface area contributed by atoms with Crippen LogP contribution >= 0.6 is 0 Å². The fraction of sp³-hybridized carbons (Fsp3) is 0.562. The van der Waals surface area contributed by atoms with Gasteiger partial charge in [-0.3, -0.25) is 28.8 Å². The van der Waals surface area contributed by atoms with Crippen LogP contribution < -0.4 is 33.2 Å². The number of carbonyl (C=O) groups excluding carboxylic acids is 5. The van der Waals surface area contributed by atoms with Gasteiger partial charge in [0.05, 0.1) is 18.9 Å². The summed E-state index contributed by atoms with van der Waals surface area (Å²) < 4.78 is 0. The van der Waals surface area contributed by atoms with E-state index < -0.39 is 84.9 Å². The van der Waals surface area contributed by atoms with Crippen LogP contribution in [-0.4, -0.2) is 75.9 Å². The Balaban J connectivity index is 5.51. The number of hydrogen-bond donors (Lipinski definition) is 8. The molecule has 4 atom stereocenters. The van der Waals surface area contributed by atoms with Crippen molar-refractivity contribution in [1.82, 2.24) is 16.0 Å². The highest BCUT2D eigenvalue weighted by atomic mass is 16.4. The first kappa shape index (κ1) is 27.2. The van der Waals surface area contributed by atoms with Gasteiger partial charge in [0, 0.05) is 6.42 Å². The highest BCUT2D eigenvalue weighted by molar-refractivity contribution is 5.96. The minimum absolute atomic E-state index is 0.371. The first-order chi connectivity index (χ1) is 14.2. The monoisotopic (exact) mass is 446 g/mol. The van der Waals surface area contributed by atoms with E-state index in [-0.39, 0.29) is 6.42 Å². The van der Waals surface area contributed by atoms with Gasteiger partial charge in [-0.1, -0.05) is 0 Å². The summed E-state index contributed by atoms with van der Waals surface area (Å²) in [6.07, 6.45) is -2.41. The topological polar surface area (TPSA) is 274 Å². The summed E-state index contributed by atoms with van der Waals surface area (Å²) in [6.45, 7) is 1.32. The molecule has 0 aromatic rings. The Labute approximate surface area is 176 Å². The van der Waals surface area contributed by atoms with Crippen molar-refractivity contribution < 1.29 is 43.8 Å². The van der Waals surface area contributed by atoms with Gasteiger partial charge < -0.3 is 43.4 Å². The van der Waals surface area contributed by atoms with Crippen LogP contribution in [-0.2, 0) is 33.6 Å². The molecule has 15 nitrogen and oxygen atoms in total. The van der Waals surface area contributed by atoms with Gasteiger partial charge in [-0.25, -0.2) is 4.79 Å². The molecule has 0 bridgehead atoms. The highest BCUT2D eigenvalue weighted by Gasteiger charge is 2.31. The second kappa shape index (κ2) is 12.7. The van der Waals surface area contributed by atoms with E-state index in [1.807, 2.05) is 5.32 Å². The molecule has 0 aromatic heterocycles. The summed E-state index contributed by atoms with van der Waals surface area (Å²) in [7, 11) is 0. The zero-order valence-electron chi connectivity index (χ0n) is 16.6. The molecule has 0 aliphatic heterocycles. The molecule has 31 heavy (non-hydrogen) atoms. The molecule has 15 heteroatoms. The maximum Gasteiger partial charge on any atom is 0.326 e. The van der Waals surface area contributed by atoms with Crippen LogP contribution in [0.4, 0.5) is 0 Å². The van der Waals surface area contributed by atoms with Crippen LogP contribution in [0, 0.1) is 0 Å². The Bertz CT molecular complexity index is 739. The summed E-state index contributed by atoms with van der Waals surface area (Å²) in [5, 5.41) is 24.1. The minimum Gasteiger partial charge on any atom is -0.481 e. The van der Waals surface area contributed by atoms with E-state index in [9.17, 15) is 33.6 Å². The smallest absolute Gasteiger partial charge is 0.326 e. The average molecular weight is 446 g/mol. The van der Waals surface area contributed by atoms with Crippen LogP contribution in [0.1, 0.15) is 32.6 Å². The largest absolute Gasteiger partial charge is 0.481 e. The number of nitrogens with one attached hydrogen (secondary N) is 3. The van der Waals surface area contributed by atoms with E-state index in [4.69, 9.17) is 27.4 Å². The van der Waals surface area contributed by atoms with Crippen molar-refractivity contribution in [1.29, 1.82) is 0 Å². The maximum atomic E-state index is 12.5. The molecule has 0 heterocycles. The lowest BCUT2D eigenvalue weighted by Gasteiger charge is -2.24. The van der Waals surface area contributed by atoms with E-state index in [1.54, 1.807) is 0 Å². The van der Waals surface area contributed by atoms with Gasteiger partial charge in [-0.05, 0) is 13.3 Å². The van der Waals surface area contributed by atoms with Crippen LogP contribution in [0.3, 0.4) is 0 Å². The molecule has 0 saturated heterocycles. The van der Waals surface area contributed by atoms with Crippen molar-refractivity contribution in [3.63, 3.8) is 0 Å². The quantitative estimate of drug-likeness (QED) is 0.126. The number of aliphatic carboxylic acids is 2. The molecule has 0 aromatic carbocycles. The normalized spacial score (nSPS) is 14.3. The summed E-state index contributed by atoms with van der Waals surface area (Å²) >= 11 is 0. The number of rotatable bonds is 14. The zero-order valence-corrected chi connectivity index (χ0v) is 16.6. The standard InChI is InChI=1S/C16H26N6O9/c1-6(17)13(27)20-7(2-3-12(25)26)14(28)21-8(4-10(18)23)15(29)22-9(16(30)31)5-11(19)24/h6-9H,2-5,17H2,1H3,(H2,18,23)(H2,19,24)(H,20,27)(H,21,28)(H,22,29)(H,25,26)(H,30,31). The van der Waals surface area contributed by atoms with Crippen LogP contribution in [0.25, 0.3) is 0 Å². The van der Waals surface area contributed by atoms with Gasteiger partial charge in [0.1, 0.15) is 18.1 Å². The molecule has 0 saturated carbocycles. The molecule has 0 aliphatic carbocycles. The Morgan fingerprint density at radius 2 is 1.16 bits per heavy atom. The van der Waals surface area contributed by atoms with E-state index in [2.05, 4.69) is 10.6 Å². The molecule has 0 fully saturated rings. The molecule has 5 amide bonds. The molecular formula is C16H26N6O9. The van der Waals surface area contributed by atoms with Crippen molar-refractivity contribution >= 4 is 41.5 Å². The van der Waals surface area contributed by atoms with Gasteiger partial charge in [0.2, 0.25) is 29.5 Å². The third kappa shape index (κ3) is 11.1. The Morgan fingerprint density at radius 1 is 0.742 bits per heavy atom. The molecule has 0 aliphatic rings. The number of carboxylic acid groups (broad SMARTS) is 2. The third-order valence-electron chi connectivity index (χ3n) is 3.75. The third-order valence-corrected chi connectivity index (χ3v) is 3.75. The van der Waals surface area contributed by atoms with Gasteiger partial charge in [-0.2, -0.15) is 0 Å². The molecule has 0 spiro atoms. The van der Waals surface area contributed by atoms with Crippen LogP contribution in [0.15, 0.2) is 0 Å². The average Bonchev–Trinajstić information content (AvgIpc) is 2.62. The Hall–Kier alpha value is -3.75. The van der Waals surface area contributed by atoms with Gasteiger partial charge in [0.15, 0.2) is 0 Å². The van der Waals surface area contributed by atoms with Crippen LogP contribution in [0.5, 0.6) is 0 Å². The maximum absolute atomic E-state index is 12.5. The second-order valence-electron chi connectivity index (χ2n) is 6.58. The van der Waals surface area contributed by atoms with Crippen molar-refractivity contribution in [2.24, 2.45) is 17.2 Å². The number of carbonyl (C=O) groups is 7. The van der Waals surface area contributed by atoms with E-state index in [0.717, 1.165) is 0 Å². The minimum atomic E-state index is -1.74. The molecular weight excluding hydrogens is 420 g/mol. The Morgan fingerprint density at radius 3 is 1.58 bits per heavy atom. The number of amides is 5. The van der Waals surface area contributed by atoms with Gasteiger partial charge in [0.25, 0.3) is 0 Å². The number of primary amides is 2. The first-order valence-electron chi connectivity index (χ1n) is 8.92. The highest BCUT2D eigenvalue weighted by Crippen LogP contribution is 2.03. The van der Waals surface area contributed by atoms with E-state index in [0.29, 0.717) is 0 Å². The van der Waals surface area contributed by atoms with Crippen molar-refractivity contribution in [2.75, 3.05) is 0 Å². The second-order valence-corrected chi connectivity index (χ2v) is 6.58. The number of carboxylic acids is 2. The number of hydrogen-bond acceptors (Lipinski definition) is 8. The predicted molar refractivity (Wildman–Crippen MR) is 102 cm³/mol. The summed E-state index contributed by atoms with van der Waals surface area (Å²) in [5.41, 5.74) is 15.4. The van der Waals surface area contributed by atoms with E-state index in [1.165, 1.54) is 6.92 Å².